The van der Waals surface area contributed by atoms with Crippen molar-refractivity contribution in [3.63, 3.8) is 0 Å². The highest BCUT2D eigenvalue weighted by atomic mass is 32.2. The van der Waals surface area contributed by atoms with Crippen LogP contribution in [0.15, 0.2) is 47.8 Å². The highest BCUT2D eigenvalue weighted by Gasteiger charge is 2.19. The number of sulfonamides is 1. The number of hydrogen-bond acceptors (Lipinski definition) is 6. The predicted molar refractivity (Wildman–Crippen MR) is 91.4 cm³/mol. The molecule has 2 N–H and O–H groups in total. The Morgan fingerprint density at radius 1 is 1.21 bits per heavy atom. The number of hydrogen-bond donors (Lipinski definition) is 2. The van der Waals surface area contributed by atoms with Gasteiger partial charge in [0.15, 0.2) is 0 Å². The Hall–Kier alpha value is -2.59. The van der Waals surface area contributed by atoms with E-state index < -0.39 is 15.9 Å². The molecule has 0 aliphatic rings. The molecule has 1 aromatic carbocycles. The number of benzene rings is 1. The summed E-state index contributed by atoms with van der Waals surface area (Å²) in [6.45, 7) is 1.85. The average molecular weight is 365 g/mol. The summed E-state index contributed by atoms with van der Waals surface area (Å²) in [6.07, 6.45) is 4.08. The first-order valence-electron chi connectivity index (χ1n) is 6.74. The maximum Gasteiger partial charge on any atom is 0.290 e. The number of hydrazine groups is 1. The summed E-state index contributed by atoms with van der Waals surface area (Å²) >= 11 is 5.00. The summed E-state index contributed by atoms with van der Waals surface area (Å²) in [4.78, 5) is 19.6. The number of carbonyl (C=O) groups is 1. The molecule has 0 fully saturated rings. The SMILES string of the molecule is Cc1ccc(S(=O)(=O)NC(=S)N(C)NC(=O)c2cnccn2)cc1. The molecule has 0 unspecified atom stereocenters. The van der Waals surface area contributed by atoms with Crippen molar-refractivity contribution < 1.29 is 13.2 Å². The van der Waals surface area contributed by atoms with Crippen LogP contribution in [0.2, 0.25) is 0 Å². The number of aromatic nitrogens is 2. The third kappa shape index (κ3) is 4.46. The van der Waals surface area contributed by atoms with Crippen LogP contribution in [0.4, 0.5) is 0 Å². The molecule has 0 bridgehead atoms. The van der Waals surface area contributed by atoms with E-state index in [1.54, 1.807) is 12.1 Å². The molecule has 24 heavy (non-hydrogen) atoms. The zero-order valence-corrected chi connectivity index (χ0v) is 14.6. The molecule has 0 saturated carbocycles. The Bertz CT molecular complexity index is 838. The summed E-state index contributed by atoms with van der Waals surface area (Å²) in [6, 6.07) is 6.30. The maximum atomic E-state index is 12.3. The quantitative estimate of drug-likeness (QED) is 0.607. The zero-order valence-electron chi connectivity index (χ0n) is 12.9. The van der Waals surface area contributed by atoms with Crippen molar-refractivity contribution in [1.29, 1.82) is 0 Å². The van der Waals surface area contributed by atoms with Crippen LogP contribution in [-0.2, 0) is 10.0 Å². The van der Waals surface area contributed by atoms with Crippen molar-refractivity contribution in [2.75, 3.05) is 7.05 Å². The molecule has 2 aromatic rings. The van der Waals surface area contributed by atoms with Crippen molar-refractivity contribution in [2.45, 2.75) is 11.8 Å². The Labute approximate surface area is 144 Å². The van der Waals surface area contributed by atoms with Crippen LogP contribution < -0.4 is 10.1 Å². The van der Waals surface area contributed by atoms with Gasteiger partial charge in [-0.2, -0.15) is 0 Å². The smallest absolute Gasteiger partial charge is 0.266 e. The van der Waals surface area contributed by atoms with Crippen LogP contribution in [0.1, 0.15) is 16.1 Å². The van der Waals surface area contributed by atoms with Crippen molar-refractivity contribution in [3.05, 3.63) is 54.1 Å². The number of carbonyl (C=O) groups excluding carboxylic acids is 1. The minimum Gasteiger partial charge on any atom is -0.266 e. The molecule has 0 aliphatic heterocycles. The molecule has 0 saturated heterocycles. The largest absolute Gasteiger partial charge is 0.290 e. The molecular formula is C14H15N5O3S2. The number of thiocarbonyl (C=S) groups is 1. The van der Waals surface area contributed by atoms with Gasteiger partial charge in [-0.05, 0) is 31.3 Å². The first-order valence-corrected chi connectivity index (χ1v) is 8.63. The lowest BCUT2D eigenvalue weighted by Gasteiger charge is -2.21. The molecule has 2 rings (SSSR count). The molecule has 1 amide bonds. The van der Waals surface area contributed by atoms with E-state index in [0.717, 1.165) is 10.6 Å². The summed E-state index contributed by atoms with van der Waals surface area (Å²) in [5.74, 6) is -0.567. The molecule has 10 heteroatoms. The van der Waals surface area contributed by atoms with Gasteiger partial charge in [0, 0.05) is 19.4 Å². The second-order valence-corrected chi connectivity index (χ2v) is 6.88. The number of nitrogens with zero attached hydrogens (tertiary/aromatic N) is 3. The van der Waals surface area contributed by atoms with E-state index in [1.807, 2.05) is 6.92 Å². The lowest BCUT2D eigenvalue weighted by atomic mass is 10.2. The minimum absolute atomic E-state index is 0.0732. The standard InChI is InChI=1S/C14H15N5O3S2/c1-10-3-5-11(6-4-10)24(21,22)18-14(23)19(2)17-13(20)12-9-15-7-8-16-12/h3-9H,1-2H3,(H,17,20)(H,18,23). The van der Waals surface area contributed by atoms with Gasteiger partial charge < -0.3 is 0 Å². The fraction of sp³-hybridized carbons (Fsp3) is 0.143. The Kier molecular flexibility index (Phi) is 5.42. The second-order valence-electron chi connectivity index (χ2n) is 4.81. The van der Waals surface area contributed by atoms with Crippen LogP contribution in [0.3, 0.4) is 0 Å². The Morgan fingerprint density at radius 3 is 2.46 bits per heavy atom. The van der Waals surface area contributed by atoms with Crippen molar-refractivity contribution >= 4 is 33.3 Å². The first-order chi connectivity index (χ1) is 11.3. The van der Waals surface area contributed by atoms with Crippen LogP contribution in [0.25, 0.3) is 0 Å². The van der Waals surface area contributed by atoms with Gasteiger partial charge in [0.2, 0.25) is 5.11 Å². The van der Waals surface area contributed by atoms with E-state index in [2.05, 4.69) is 20.1 Å². The monoisotopic (exact) mass is 365 g/mol. The van der Waals surface area contributed by atoms with Crippen molar-refractivity contribution in [2.24, 2.45) is 0 Å². The van der Waals surface area contributed by atoms with Crippen molar-refractivity contribution in [1.82, 2.24) is 25.1 Å². The third-order valence-electron chi connectivity index (χ3n) is 2.92. The molecular weight excluding hydrogens is 350 g/mol. The highest BCUT2D eigenvalue weighted by Crippen LogP contribution is 2.10. The average Bonchev–Trinajstić information content (AvgIpc) is 2.55. The lowest BCUT2D eigenvalue weighted by molar-refractivity contribution is 0.0881. The van der Waals surface area contributed by atoms with Crippen LogP contribution >= 0.6 is 12.2 Å². The second kappa shape index (κ2) is 7.32. The Morgan fingerprint density at radius 2 is 1.88 bits per heavy atom. The van der Waals surface area contributed by atoms with Crippen molar-refractivity contribution in [3.8, 4) is 0 Å². The van der Waals surface area contributed by atoms with Gasteiger partial charge in [0.1, 0.15) is 5.69 Å². The molecule has 0 spiro atoms. The van der Waals surface area contributed by atoms with Gasteiger partial charge in [-0.3, -0.25) is 24.9 Å². The molecule has 0 atom stereocenters. The predicted octanol–water partition coefficient (Wildman–Crippen LogP) is 0.625. The fourth-order valence-corrected chi connectivity index (χ4v) is 2.99. The normalized spacial score (nSPS) is 10.8. The van der Waals surface area contributed by atoms with Crippen LogP contribution in [0, 0.1) is 6.92 Å². The van der Waals surface area contributed by atoms with Gasteiger partial charge in [-0.25, -0.2) is 13.4 Å². The van der Waals surface area contributed by atoms with Gasteiger partial charge in [0.25, 0.3) is 15.9 Å². The number of rotatable bonds is 3. The van der Waals surface area contributed by atoms with Gasteiger partial charge in [-0.1, -0.05) is 17.7 Å². The van der Waals surface area contributed by atoms with E-state index in [4.69, 9.17) is 12.2 Å². The summed E-state index contributed by atoms with van der Waals surface area (Å²) in [5, 5.41) is 0.894. The Balaban J connectivity index is 2.03. The number of aryl methyl sites for hydroxylation is 1. The molecule has 126 valence electrons. The lowest BCUT2D eigenvalue weighted by Crippen LogP contribution is -2.49. The van der Waals surface area contributed by atoms with Gasteiger partial charge in [0.05, 0.1) is 11.1 Å². The van der Waals surface area contributed by atoms with E-state index in [9.17, 15) is 13.2 Å². The van der Waals surface area contributed by atoms with E-state index in [-0.39, 0.29) is 15.7 Å². The minimum atomic E-state index is -3.83. The topological polar surface area (TPSA) is 104 Å². The fourth-order valence-electron chi connectivity index (χ4n) is 1.64. The molecule has 1 heterocycles. The third-order valence-corrected chi connectivity index (χ3v) is 4.78. The summed E-state index contributed by atoms with van der Waals surface area (Å²) in [5.41, 5.74) is 3.42. The first kappa shape index (κ1) is 17.8. The number of amides is 1. The van der Waals surface area contributed by atoms with Crippen LogP contribution in [0.5, 0.6) is 0 Å². The van der Waals surface area contributed by atoms with E-state index >= 15 is 0 Å². The maximum absolute atomic E-state index is 12.3. The molecule has 0 radical (unpaired) electrons. The van der Waals surface area contributed by atoms with Crippen LogP contribution in [-0.4, -0.2) is 41.5 Å². The molecule has 1 aromatic heterocycles. The zero-order chi connectivity index (χ0) is 17.7. The summed E-state index contributed by atoms with van der Waals surface area (Å²) in [7, 11) is -2.42. The van der Waals surface area contributed by atoms with E-state index in [1.165, 1.54) is 37.8 Å². The van der Waals surface area contributed by atoms with Gasteiger partial charge >= 0.3 is 0 Å². The summed E-state index contributed by atoms with van der Waals surface area (Å²) < 4.78 is 26.7. The number of nitrogens with one attached hydrogen (secondary N) is 2. The molecule has 8 nitrogen and oxygen atoms in total. The molecule has 0 aliphatic carbocycles. The highest BCUT2D eigenvalue weighted by molar-refractivity contribution is 7.91. The van der Waals surface area contributed by atoms with Gasteiger partial charge in [-0.15, -0.1) is 0 Å². The van der Waals surface area contributed by atoms with E-state index in [0.29, 0.717) is 0 Å².